The smallest absolute Gasteiger partial charge is 0.306 e. The maximum absolute atomic E-state index is 12.3. The standard InChI is InChI=1S/C31H42O5Si/c1-30(2,3)37(23-13-7-5-8-14-23,24-15-9-6-10-16-24)35-21-25-26-22-34-28(32)20-31(26,4)19-27(25)36-29-17-11-12-18-33-29/h5-10,13-16,25-27,29H,11-12,17-22H2,1-4H3/t25-,26-,27-,29?,31-/m1/s1. The van der Waals surface area contributed by atoms with Crippen molar-refractivity contribution in [3.63, 3.8) is 0 Å². The van der Waals surface area contributed by atoms with Crippen LogP contribution in [0.1, 0.15) is 59.8 Å². The van der Waals surface area contributed by atoms with Crippen LogP contribution in [0.25, 0.3) is 0 Å². The Kier molecular flexibility index (Phi) is 7.65. The van der Waals surface area contributed by atoms with Crippen LogP contribution in [0.5, 0.6) is 0 Å². The summed E-state index contributed by atoms with van der Waals surface area (Å²) in [4.78, 5) is 12.3. The van der Waals surface area contributed by atoms with E-state index in [-0.39, 0.29) is 40.7 Å². The van der Waals surface area contributed by atoms with Crippen LogP contribution in [-0.2, 0) is 23.4 Å². The molecule has 2 saturated heterocycles. The minimum absolute atomic E-state index is 0.0224. The Labute approximate surface area is 223 Å². The van der Waals surface area contributed by atoms with Crippen LogP contribution < -0.4 is 10.4 Å². The zero-order valence-corrected chi connectivity index (χ0v) is 23.8. The molecule has 3 aliphatic rings. The lowest BCUT2D eigenvalue weighted by Crippen LogP contribution is -2.67. The first-order chi connectivity index (χ1) is 17.7. The Balaban J connectivity index is 1.50. The molecule has 1 saturated carbocycles. The van der Waals surface area contributed by atoms with Gasteiger partial charge >= 0.3 is 5.97 Å². The molecule has 5 nitrogen and oxygen atoms in total. The molecule has 0 N–H and O–H groups in total. The van der Waals surface area contributed by atoms with Gasteiger partial charge in [-0.25, -0.2) is 0 Å². The molecule has 0 radical (unpaired) electrons. The number of rotatable bonds is 7. The highest BCUT2D eigenvalue weighted by molar-refractivity contribution is 6.99. The molecular formula is C31H42O5Si. The highest BCUT2D eigenvalue weighted by atomic mass is 28.4. The highest BCUT2D eigenvalue weighted by Crippen LogP contribution is 2.53. The number of carbonyl (C=O) groups is 1. The average Bonchev–Trinajstić information content (AvgIpc) is 3.15. The van der Waals surface area contributed by atoms with Crippen LogP contribution in [0.3, 0.4) is 0 Å². The van der Waals surface area contributed by atoms with Crippen molar-refractivity contribution in [1.29, 1.82) is 0 Å². The van der Waals surface area contributed by atoms with Gasteiger partial charge in [0.05, 0.1) is 19.1 Å². The Morgan fingerprint density at radius 3 is 2.22 bits per heavy atom. The van der Waals surface area contributed by atoms with E-state index in [9.17, 15) is 4.79 Å². The van der Waals surface area contributed by atoms with Gasteiger partial charge in [0.2, 0.25) is 0 Å². The van der Waals surface area contributed by atoms with Crippen molar-refractivity contribution < 1.29 is 23.4 Å². The molecule has 5 atom stereocenters. The van der Waals surface area contributed by atoms with Crippen LogP contribution in [0, 0.1) is 17.3 Å². The molecule has 0 spiro atoms. The van der Waals surface area contributed by atoms with Crippen LogP contribution in [0.15, 0.2) is 60.7 Å². The summed E-state index contributed by atoms with van der Waals surface area (Å²) in [5.74, 6) is 0.238. The number of cyclic esters (lactones) is 1. The number of carbonyl (C=O) groups excluding carboxylic acids is 1. The van der Waals surface area contributed by atoms with E-state index < -0.39 is 8.32 Å². The molecular weight excluding hydrogens is 480 g/mol. The molecule has 37 heavy (non-hydrogen) atoms. The molecule has 0 amide bonds. The summed E-state index contributed by atoms with van der Waals surface area (Å²) in [7, 11) is -2.69. The molecule has 0 bridgehead atoms. The van der Waals surface area contributed by atoms with Gasteiger partial charge in [0.1, 0.15) is 0 Å². The SMILES string of the molecule is CC(C)(C)[Si](OC[C@@H]1[C@H]2COC(=O)C[C@@]2(C)C[C@H]1OC1CCCCO1)(c1ccccc1)c1ccccc1. The number of benzene rings is 2. The molecule has 200 valence electrons. The van der Waals surface area contributed by atoms with Crippen molar-refractivity contribution in [2.75, 3.05) is 19.8 Å². The second-order valence-electron chi connectivity index (χ2n) is 12.4. The van der Waals surface area contributed by atoms with Crippen molar-refractivity contribution >= 4 is 24.7 Å². The summed E-state index contributed by atoms with van der Waals surface area (Å²) in [6.45, 7) is 10.9. The summed E-state index contributed by atoms with van der Waals surface area (Å²) in [5.41, 5.74) is -0.145. The molecule has 6 heteroatoms. The Morgan fingerprint density at radius 2 is 1.65 bits per heavy atom. The first kappa shape index (κ1) is 26.6. The zero-order valence-electron chi connectivity index (χ0n) is 22.8. The van der Waals surface area contributed by atoms with Crippen molar-refractivity contribution in [3.05, 3.63) is 60.7 Å². The first-order valence-electron chi connectivity index (χ1n) is 13.9. The average molecular weight is 523 g/mol. The fraction of sp³-hybridized carbons (Fsp3) is 0.581. The van der Waals surface area contributed by atoms with Gasteiger partial charge < -0.3 is 18.6 Å². The summed E-state index contributed by atoms with van der Waals surface area (Å²) in [6.07, 6.45) is 4.23. The predicted octanol–water partition coefficient (Wildman–Crippen LogP) is 5.06. The van der Waals surface area contributed by atoms with E-state index in [0.29, 0.717) is 19.6 Å². The molecule has 0 aromatic heterocycles. The molecule has 2 aromatic rings. The monoisotopic (exact) mass is 522 g/mol. The van der Waals surface area contributed by atoms with E-state index in [1.807, 2.05) is 0 Å². The summed E-state index contributed by atoms with van der Waals surface area (Å²) in [6, 6.07) is 21.6. The van der Waals surface area contributed by atoms with Crippen LogP contribution in [0.2, 0.25) is 5.04 Å². The Hall–Kier alpha value is -1.99. The second kappa shape index (κ2) is 10.6. The van der Waals surface area contributed by atoms with Gasteiger partial charge in [-0.3, -0.25) is 4.79 Å². The highest BCUT2D eigenvalue weighted by Gasteiger charge is 2.57. The summed E-state index contributed by atoms with van der Waals surface area (Å²) < 4.78 is 25.6. The van der Waals surface area contributed by atoms with Gasteiger partial charge in [0.25, 0.3) is 8.32 Å². The lowest BCUT2D eigenvalue weighted by molar-refractivity contribution is -0.198. The quantitative estimate of drug-likeness (QED) is 0.376. The van der Waals surface area contributed by atoms with E-state index in [1.165, 1.54) is 10.4 Å². The third-order valence-electron chi connectivity index (χ3n) is 8.90. The number of hydrogen-bond acceptors (Lipinski definition) is 5. The maximum Gasteiger partial charge on any atom is 0.306 e. The van der Waals surface area contributed by atoms with Crippen molar-refractivity contribution in [2.24, 2.45) is 17.3 Å². The Bertz CT molecular complexity index is 1010. The number of fused-ring (bicyclic) bond motifs is 1. The molecule has 1 aliphatic carbocycles. The van der Waals surface area contributed by atoms with Crippen molar-refractivity contribution in [1.82, 2.24) is 0 Å². The molecule has 5 rings (SSSR count). The Morgan fingerprint density at radius 1 is 1.00 bits per heavy atom. The normalized spacial score (nSPS) is 30.5. The molecule has 2 heterocycles. The van der Waals surface area contributed by atoms with E-state index in [2.05, 4.69) is 88.4 Å². The van der Waals surface area contributed by atoms with E-state index >= 15 is 0 Å². The second-order valence-corrected chi connectivity index (χ2v) is 16.7. The summed E-state index contributed by atoms with van der Waals surface area (Å²) in [5, 5.41) is 2.45. The lowest BCUT2D eigenvalue weighted by Gasteiger charge is -2.45. The molecule has 1 unspecified atom stereocenters. The van der Waals surface area contributed by atoms with E-state index in [0.717, 1.165) is 32.3 Å². The minimum atomic E-state index is -2.69. The van der Waals surface area contributed by atoms with Crippen LogP contribution in [-0.4, -0.2) is 46.5 Å². The minimum Gasteiger partial charge on any atom is -0.465 e. The summed E-state index contributed by atoms with van der Waals surface area (Å²) >= 11 is 0. The third kappa shape index (κ3) is 5.18. The lowest BCUT2D eigenvalue weighted by atomic mass is 9.74. The van der Waals surface area contributed by atoms with Gasteiger partial charge in [-0.05, 0) is 46.5 Å². The fourth-order valence-corrected chi connectivity index (χ4v) is 11.6. The van der Waals surface area contributed by atoms with E-state index in [4.69, 9.17) is 18.6 Å². The largest absolute Gasteiger partial charge is 0.465 e. The van der Waals surface area contributed by atoms with E-state index in [1.54, 1.807) is 0 Å². The predicted molar refractivity (Wildman–Crippen MR) is 147 cm³/mol. The number of hydrogen-bond donors (Lipinski definition) is 0. The van der Waals surface area contributed by atoms with Gasteiger partial charge in [0.15, 0.2) is 6.29 Å². The van der Waals surface area contributed by atoms with Gasteiger partial charge in [-0.1, -0.05) is 88.4 Å². The van der Waals surface area contributed by atoms with Gasteiger partial charge in [-0.15, -0.1) is 0 Å². The molecule has 2 aromatic carbocycles. The fourth-order valence-electron chi connectivity index (χ4n) is 7.00. The van der Waals surface area contributed by atoms with Crippen LogP contribution in [0.4, 0.5) is 0 Å². The molecule has 2 aliphatic heterocycles. The van der Waals surface area contributed by atoms with Crippen molar-refractivity contribution in [2.45, 2.75) is 77.2 Å². The van der Waals surface area contributed by atoms with Crippen molar-refractivity contribution in [3.8, 4) is 0 Å². The number of esters is 1. The van der Waals surface area contributed by atoms with Gasteiger partial charge in [-0.2, -0.15) is 0 Å². The molecule has 3 fully saturated rings. The topological polar surface area (TPSA) is 54.0 Å². The maximum atomic E-state index is 12.3. The zero-order chi connectivity index (χ0) is 26.1. The first-order valence-corrected chi connectivity index (χ1v) is 15.8. The number of ether oxygens (including phenoxy) is 3. The van der Waals surface area contributed by atoms with Gasteiger partial charge in [0, 0.05) is 25.0 Å². The third-order valence-corrected chi connectivity index (χ3v) is 13.9. The van der Waals surface area contributed by atoms with Crippen LogP contribution >= 0.6 is 0 Å².